The van der Waals surface area contributed by atoms with Crippen molar-refractivity contribution in [2.24, 2.45) is 5.41 Å². The zero-order chi connectivity index (χ0) is 8.91. The van der Waals surface area contributed by atoms with Gasteiger partial charge in [0, 0.05) is 6.61 Å². The first-order valence-electron chi connectivity index (χ1n) is 4.23. The molecule has 68 valence electrons. The number of hydrogen-bond donors (Lipinski definition) is 1. The molecule has 0 unspecified atom stereocenters. The van der Waals surface area contributed by atoms with Gasteiger partial charge in [0.25, 0.3) is 0 Å². The highest BCUT2D eigenvalue weighted by Crippen LogP contribution is 2.20. The van der Waals surface area contributed by atoms with Crippen molar-refractivity contribution in [3.63, 3.8) is 0 Å². The first-order chi connectivity index (χ1) is 4.98. The van der Waals surface area contributed by atoms with Crippen LogP contribution in [0, 0.1) is 5.41 Å². The number of hydrogen-bond acceptors (Lipinski definition) is 2. The molecule has 0 atom stereocenters. The van der Waals surface area contributed by atoms with E-state index in [1.165, 1.54) is 6.42 Å². The molecule has 2 heteroatoms. The van der Waals surface area contributed by atoms with Crippen LogP contribution in [0.5, 0.6) is 0 Å². The third-order valence-corrected chi connectivity index (χ3v) is 1.89. The fraction of sp³-hybridized carbons (Fsp3) is 1.00. The summed E-state index contributed by atoms with van der Waals surface area (Å²) in [6.07, 6.45) is 2.27. The molecule has 0 aromatic carbocycles. The standard InChI is InChI=1S/C9H21NO/c1-9(2,8-11)6-5-7-10(3)4/h11H,5-8H2,1-4H3. The topological polar surface area (TPSA) is 23.5 Å². The van der Waals surface area contributed by atoms with Crippen molar-refractivity contribution in [2.75, 3.05) is 27.2 Å². The van der Waals surface area contributed by atoms with Crippen molar-refractivity contribution in [1.29, 1.82) is 0 Å². The van der Waals surface area contributed by atoms with E-state index in [4.69, 9.17) is 5.11 Å². The fourth-order valence-electron chi connectivity index (χ4n) is 0.953. The van der Waals surface area contributed by atoms with Crippen molar-refractivity contribution in [2.45, 2.75) is 26.7 Å². The Kier molecular flexibility index (Phi) is 4.69. The maximum Gasteiger partial charge on any atom is 0.0482 e. The van der Waals surface area contributed by atoms with Crippen LogP contribution in [0.3, 0.4) is 0 Å². The van der Waals surface area contributed by atoms with Crippen molar-refractivity contribution in [1.82, 2.24) is 4.90 Å². The Bertz CT molecular complexity index is 99.7. The molecule has 2 nitrogen and oxygen atoms in total. The van der Waals surface area contributed by atoms with Crippen LogP contribution in [-0.2, 0) is 0 Å². The average Bonchev–Trinajstić information content (AvgIpc) is 1.87. The van der Waals surface area contributed by atoms with Gasteiger partial charge in [0.2, 0.25) is 0 Å². The lowest BCUT2D eigenvalue weighted by atomic mass is 9.89. The van der Waals surface area contributed by atoms with Gasteiger partial charge in [-0.2, -0.15) is 0 Å². The minimum absolute atomic E-state index is 0.107. The van der Waals surface area contributed by atoms with E-state index >= 15 is 0 Å². The Morgan fingerprint density at radius 1 is 1.27 bits per heavy atom. The third-order valence-electron chi connectivity index (χ3n) is 1.89. The fourth-order valence-corrected chi connectivity index (χ4v) is 0.953. The molecule has 0 aliphatic heterocycles. The number of aliphatic hydroxyl groups excluding tert-OH is 1. The van der Waals surface area contributed by atoms with E-state index in [9.17, 15) is 0 Å². The maximum atomic E-state index is 8.95. The van der Waals surface area contributed by atoms with Crippen molar-refractivity contribution < 1.29 is 5.11 Å². The lowest BCUT2D eigenvalue weighted by Crippen LogP contribution is -2.20. The highest BCUT2D eigenvalue weighted by molar-refractivity contribution is 4.66. The van der Waals surface area contributed by atoms with Gasteiger partial charge in [0.05, 0.1) is 0 Å². The normalized spacial score (nSPS) is 12.5. The third kappa shape index (κ3) is 6.32. The number of rotatable bonds is 5. The number of nitrogens with zero attached hydrogens (tertiary/aromatic N) is 1. The van der Waals surface area contributed by atoms with Crippen molar-refractivity contribution in [3.8, 4) is 0 Å². The van der Waals surface area contributed by atoms with E-state index in [1.807, 2.05) is 0 Å². The average molecular weight is 159 g/mol. The van der Waals surface area contributed by atoms with Crippen LogP contribution in [-0.4, -0.2) is 37.3 Å². The Morgan fingerprint density at radius 3 is 2.18 bits per heavy atom. The Labute approximate surface area is 70.2 Å². The highest BCUT2D eigenvalue weighted by atomic mass is 16.3. The minimum atomic E-state index is 0.107. The van der Waals surface area contributed by atoms with Crippen LogP contribution in [0.2, 0.25) is 0 Å². The Balaban J connectivity index is 3.38. The molecule has 0 radical (unpaired) electrons. The molecule has 0 fully saturated rings. The summed E-state index contributed by atoms with van der Waals surface area (Å²) < 4.78 is 0. The summed E-state index contributed by atoms with van der Waals surface area (Å²) in [5, 5.41) is 8.95. The van der Waals surface area contributed by atoms with Crippen LogP contribution in [0.15, 0.2) is 0 Å². The number of aliphatic hydroxyl groups is 1. The van der Waals surface area contributed by atoms with E-state index in [2.05, 4.69) is 32.8 Å². The second-order valence-electron chi connectivity index (χ2n) is 4.23. The quantitative estimate of drug-likeness (QED) is 0.654. The van der Waals surface area contributed by atoms with Crippen LogP contribution in [0.4, 0.5) is 0 Å². The largest absolute Gasteiger partial charge is 0.396 e. The first-order valence-corrected chi connectivity index (χ1v) is 4.23. The van der Waals surface area contributed by atoms with Crippen LogP contribution in [0.1, 0.15) is 26.7 Å². The zero-order valence-electron chi connectivity index (χ0n) is 8.22. The molecule has 1 N–H and O–H groups in total. The molecule has 0 aliphatic carbocycles. The van der Waals surface area contributed by atoms with Gasteiger partial charge < -0.3 is 10.0 Å². The molecule has 0 aromatic heterocycles. The van der Waals surface area contributed by atoms with E-state index < -0.39 is 0 Å². The Morgan fingerprint density at radius 2 is 1.82 bits per heavy atom. The molecule has 11 heavy (non-hydrogen) atoms. The maximum absolute atomic E-state index is 8.95. The molecule has 0 heterocycles. The summed E-state index contributed by atoms with van der Waals surface area (Å²) >= 11 is 0. The van der Waals surface area contributed by atoms with Crippen LogP contribution in [0.25, 0.3) is 0 Å². The molecule has 0 rings (SSSR count). The molecule has 0 aliphatic rings. The summed E-state index contributed by atoms with van der Waals surface area (Å²) in [4.78, 5) is 2.17. The molecule has 0 saturated heterocycles. The van der Waals surface area contributed by atoms with Gasteiger partial charge in [-0.15, -0.1) is 0 Å². The van der Waals surface area contributed by atoms with Gasteiger partial charge in [0.15, 0.2) is 0 Å². The lowest BCUT2D eigenvalue weighted by Gasteiger charge is -2.22. The van der Waals surface area contributed by atoms with E-state index in [0.29, 0.717) is 6.61 Å². The molecular formula is C9H21NO. The molecular weight excluding hydrogens is 138 g/mol. The summed E-state index contributed by atoms with van der Waals surface area (Å²) in [5.41, 5.74) is 0.107. The van der Waals surface area contributed by atoms with Gasteiger partial charge in [-0.3, -0.25) is 0 Å². The first kappa shape index (κ1) is 10.9. The second-order valence-corrected chi connectivity index (χ2v) is 4.23. The SMILES string of the molecule is CN(C)CCCC(C)(C)CO. The summed E-state index contributed by atoms with van der Waals surface area (Å²) in [5.74, 6) is 0. The van der Waals surface area contributed by atoms with E-state index in [-0.39, 0.29) is 5.41 Å². The summed E-state index contributed by atoms with van der Waals surface area (Å²) in [7, 11) is 4.15. The van der Waals surface area contributed by atoms with Gasteiger partial charge >= 0.3 is 0 Å². The smallest absolute Gasteiger partial charge is 0.0482 e. The summed E-state index contributed by atoms with van der Waals surface area (Å²) in [6, 6.07) is 0. The highest BCUT2D eigenvalue weighted by Gasteiger charge is 2.15. The van der Waals surface area contributed by atoms with Crippen LogP contribution >= 0.6 is 0 Å². The zero-order valence-corrected chi connectivity index (χ0v) is 8.22. The molecule has 0 bridgehead atoms. The Hall–Kier alpha value is -0.0800. The second kappa shape index (κ2) is 4.73. The molecule has 0 aromatic rings. The van der Waals surface area contributed by atoms with Crippen molar-refractivity contribution in [3.05, 3.63) is 0 Å². The minimum Gasteiger partial charge on any atom is -0.396 e. The predicted octanol–water partition coefficient (Wildman–Crippen LogP) is 1.35. The van der Waals surface area contributed by atoms with Gasteiger partial charge in [-0.25, -0.2) is 0 Å². The van der Waals surface area contributed by atoms with Gasteiger partial charge in [-0.05, 0) is 38.9 Å². The molecule has 0 amide bonds. The predicted molar refractivity (Wildman–Crippen MR) is 48.7 cm³/mol. The lowest BCUT2D eigenvalue weighted by molar-refractivity contribution is 0.144. The van der Waals surface area contributed by atoms with E-state index in [0.717, 1.165) is 13.0 Å². The van der Waals surface area contributed by atoms with Gasteiger partial charge in [0.1, 0.15) is 0 Å². The van der Waals surface area contributed by atoms with Crippen LogP contribution < -0.4 is 0 Å². The van der Waals surface area contributed by atoms with E-state index in [1.54, 1.807) is 0 Å². The van der Waals surface area contributed by atoms with Gasteiger partial charge in [-0.1, -0.05) is 13.8 Å². The van der Waals surface area contributed by atoms with Crippen molar-refractivity contribution >= 4 is 0 Å². The molecule has 0 spiro atoms. The summed E-state index contributed by atoms with van der Waals surface area (Å²) in [6.45, 7) is 5.61. The monoisotopic (exact) mass is 159 g/mol. The molecule has 0 saturated carbocycles.